The first kappa shape index (κ1) is 12.4. The lowest BCUT2D eigenvalue weighted by atomic mass is 9.97. The molecule has 0 radical (unpaired) electrons. The van der Waals surface area contributed by atoms with Crippen molar-refractivity contribution in [3.05, 3.63) is 64.2 Å². The van der Waals surface area contributed by atoms with Crippen LogP contribution in [0.4, 0.5) is 5.69 Å². The predicted octanol–water partition coefficient (Wildman–Crippen LogP) is 3.43. The smallest absolute Gasteiger partial charge is 0.195 e. The standard InChI is InChI=1S/C16H17NO/c1-10-7-8-13(9-12(10)3)16(18)14-6-4-5-11(2)15(14)17/h4-9H,17H2,1-3H3. The zero-order valence-corrected chi connectivity index (χ0v) is 10.9. The number of carbonyl (C=O) groups is 1. The first-order chi connectivity index (χ1) is 8.50. The second-order valence-corrected chi connectivity index (χ2v) is 4.66. The number of hydrogen-bond acceptors (Lipinski definition) is 2. The number of nitrogen functional groups attached to an aromatic ring is 1. The Bertz CT molecular complexity index is 614. The van der Waals surface area contributed by atoms with E-state index in [1.54, 1.807) is 6.07 Å². The third-order valence-corrected chi connectivity index (χ3v) is 3.34. The van der Waals surface area contributed by atoms with Gasteiger partial charge in [0.25, 0.3) is 0 Å². The zero-order valence-electron chi connectivity index (χ0n) is 10.9. The quantitative estimate of drug-likeness (QED) is 0.644. The van der Waals surface area contributed by atoms with Crippen molar-refractivity contribution in [1.29, 1.82) is 0 Å². The maximum atomic E-state index is 12.4. The molecule has 92 valence electrons. The lowest BCUT2D eigenvalue weighted by Gasteiger charge is -2.08. The van der Waals surface area contributed by atoms with Gasteiger partial charge in [0.2, 0.25) is 0 Å². The van der Waals surface area contributed by atoms with E-state index in [1.807, 2.05) is 51.1 Å². The molecule has 0 aliphatic carbocycles. The lowest BCUT2D eigenvalue weighted by molar-refractivity contribution is 0.103. The Balaban J connectivity index is 2.48. The first-order valence-corrected chi connectivity index (χ1v) is 5.97. The molecule has 2 aromatic rings. The summed E-state index contributed by atoms with van der Waals surface area (Å²) in [6.07, 6.45) is 0. The number of benzene rings is 2. The van der Waals surface area contributed by atoms with Gasteiger partial charge in [-0.3, -0.25) is 4.79 Å². The van der Waals surface area contributed by atoms with Gasteiger partial charge in [-0.2, -0.15) is 0 Å². The van der Waals surface area contributed by atoms with E-state index in [-0.39, 0.29) is 5.78 Å². The normalized spacial score (nSPS) is 10.4. The number of para-hydroxylation sites is 1. The maximum absolute atomic E-state index is 12.4. The molecule has 2 heteroatoms. The van der Waals surface area contributed by atoms with Gasteiger partial charge in [0.15, 0.2) is 5.78 Å². The van der Waals surface area contributed by atoms with Gasteiger partial charge >= 0.3 is 0 Å². The maximum Gasteiger partial charge on any atom is 0.195 e. The van der Waals surface area contributed by atoms with Crippen LogP contribution in [0.15, 0.2) is 36.4 Å². The molecule has 0 atom stereocenters. The van der Waals surface area contributed by atoms with Crippen molar-refractivity contribution in [3.8, 4) is 0 Å². The Morgan fingerprint density at radius 1 is 0.944 bits per heavy atom. The number of carbonyl (C=O) groups excluding carboxylic acids is 1. The zero-order chi connectivity index (χ0) is 13.3. The van der Waals surface area contributed by atoms with E-state index >= 15 is 0 Å². The van der Waals surface area contributed by atoms with E-state index in [0.717, 1.165) is 11.1 Å². The van der Waals surface area contributed by atoms with Crippen LogP contribution in [0, 0.1) is 20.8 Å². The number of aryl methyl sites for hydroxylation is 3. The molecule has 0 fully saturated rings. The van der Waals surface area contributed by atoms with Crippen LogP contribution in [0.3, 0.4) is 0 Å². The molecule has 0 saturated carbocycles. The highest BCUT2D eigenvalue weighted by Gasteiger charge is 2.13. The van der Waals surface area contributed by atoms with Crippen molar-refractivity contribution in [2.24, 2.45) is 0 Å². The Labute approximate surface area is 107 Å². The average molecular weight is 239 g/mol. The van der Waals surface area contributed by atoms with Crippen LogP contribution in [0.25, 0.3) is 0 Å². The number of rotatable bonds is 2. The van der Waals surface area contributed by atoms with Crippen molar-refractivity contribution in [2.45, 2.75) is 20.8 Å². The summed E-state index contributed by atoms with van der Waals surface area (Å²) in [5.41, 5.74) is 11.0. The highest BCUT2D eigenvalue weighted by atomic mass is 16.1. The molecular formula is C16H17NO. The number of hydrogen-bond donors (Lipinski definition) is 1. The second kappa shape index (κ2) is 4.65. The predicted molar refractivity (Wildman–Crippen MR) is 74.9 cm³/mol. The summed E-state index contributed by atoms with van der Waals surface area (Å²) in [6.45, 7) is 5.95. The molecule has 0 bridgehead atoms. The van der Waals surface area contributed by atoms with Crippen LogP contribution in [-0.4, -0.2) is 5.78 Å². The molecule has 0 aliphatic heterocycles. The third-order valence-electron chi connectivity index (χ3n) is 3.34. The molecule has 0 aromatic heterocycles. The molecule has 2 rings (SSSR count). The van der Waals surface area contributed by atoms with Gasteiger partial charge in [0.05, 0.1) is 0 Å². The molecule has 0 spiro atoms. The number of ketones is 1. The Hall–Kier alpha value is -2.09. The molecule has 0 heterocycles. The molecule has 0 aliphatic rings. The second-order valence-electron chi connectivity index (χ2n) is 4.66. The molecule has 2 N–H and O–H groups in total. The van der Waals surface area contributed by atoms with Crippen molar-refractivity contribution >= 4 is 11.5 Å². The monoisotopic (exact) mass is 239 g/mol. The van der Waals surface area contributed by atoms with E-state index in [2.05, 4.69) is 0 Å². The molecular weight excluding hydrogens is 222 g/mol. The van der Waals surface area contributed by atoms with Gasteiger partial charge in [0, 0.05) is 16.8 Å². The van der Waals surface area contributed by atoms with Crippen LogP contribution < -0.4 is 5.73 Å². The van der Waals surface area contributed by atoms with E-state index in [9.17, 15) is 4.79 Å². The summed E-state index contributed by atoms with van der Waals surface area (Å²) in [7, 11) is 0. The van der Waals surface area contributed by atoms with Crippen LogP contribution in [0.2, 0.25) is 0 Å². The molecule has 2 aromatic carbocycles. The minimum Gasteiger partial charge on any atom is -0.398 e. The molecule has 2 nitrogen and oxygen atoms in total. The largest absolute Gasteiger partial charge is 0.398 e. The van der Waals surface area contributed by atoms with Crippen LogP contribution in [0.5, 0.6) is 0 Å². The van der Waals surface area contributed by atoms with Gasteiger partial charge in [-0.25, -0.2) is 0 Å². The fraction of sp³-hybridized carbons (Fsp3) is 0.188. The SMILES string of the molecule is Cc1ccc(C(=O)c2cccc(C)c2N)cc1C. The summed E-state index contributed by atoms with van der Waals surface area (Å²) in [5, 5.41) is 0. The van der Waals surface area contributed by atoms with Gasteiger partial charge < -0.3 is 5.73 Å². The molecule has 0 saturated heterocycles. The summed E-state index contributed by atoms with van der Waals surface area (Å²) in [4.78, 5) is 12.4. The summed E-state index contributed by atoms with van der Waals surface area (Å²) >= 11 is 0. The van der Waals surface area contributed by atoms with E-state index < -0.39 is 0 Å². The molecule has 18 heavy (non-hydrogen) atoms. The van der Waals surface area contributed by atoms with Crippen molar-refractivity contribution in [3.63, 3.8) is 0 Å². The fourth-order valence-electron chi connectivity index (χ4n) is 1.92. The number of anilines is 1. The topological polar surface area (TPSA) is 43.1 Å². The summed E-state index contributed by atoms with van der Waals surface area (Å²) < 4.78 is 0. The van der Waals surface area contributed by atoms with E-state index in [1.165, 1.54) is 5.56 Å². The summed E-state index contributed by atoms with van der Waals surface area (Å²) in [6, 6.07) is 11.3. The minimum atomic E-state index is -0.0145. The van der Waals surface area contributed by atoms with Crippen molar-refractivity contribution in [1.82, 2.24) is 0 Å². The van der Waals surface area contributed by atoms with Gasteiger partial charge in [-0.1, -0.05) is 24.3 Å². The lowest BCUT2D eigenvalue weighted by Crippen LogP contribution is -2.07. The van der Waals surface area contributed by atoms with E-state index in [0.29, 0.717) is 16.8 Å². The van der Waals surface area contributed by atoms with Crippen LogP contribution in [-0.2, 0) is 0 Å². The van der Waals surface area contributed by atoms with Gasteiger partial charge in [-0.05, 0) is 49.6 Å². The van der Waals surface area contributed by atoms with Gasteiger partial charge in [0.1, 0.15) is 0 Å². The van der Waals surface area contributed by atoms with Crippen LogP contribution in [0.1, 0.15) is 32.6 Å². The number of nitrogens with two attached hydrogens (primary N) is 1. The Kier molecular flexibility index (Phi) is 3.19. The average Bonchev–Trinajstić information content (AvgIpc) is 2.35. The van der Waals surface area contributed by atoms with E-state index in [4.69, 9.17) is 5.73 Å². The van der Waals surface area contributed by atoms with Crippen molar-refractivity contribution < 1.29 is 4.79 Å². The summed E-state index contributed by atoms with van der Waals surface area (Å²) in [5.74, 6) is -0.0145. The Morgan fingerprint density at radius 3 is 2.33 bits per heavy atom. The highest BCUT2D eigenvalue weighted by Crippen LogP contribution is 2.21. The van der Waals surface area contributed by atoms with Crippen LogP contribution >= 0.6 is 0 Å². The molecule has 0 amide bonds. The van der Waals surface area contributed by atoms with Crippen molar-refractivity contribution in [2.75, 3.05) is 5.73 Å². The third kappa shape index (κ3) is 2.14. The minimum absolute atomic E-state index is 0.0145. The molecule has 0 unspecified atom stereocenters. The van der Waals surface area contributed by atoms with Gasteiger partial charge in [-0.15, -0.1) is 0 Å². The first-order valence-electron chi connectivity index (χ1n) is 5.97. The fourth-order valence-corrected chi connectivity index (χ4v) is 1.92. The highest BCUT2D eigenvalue weighted by molar-refractivity contribution is 6.12. The Morgan fingerprint density at radius 2 is 1.67 bits per heavy atom.